The number of rotatable bonds is 5. The van der Waals surface area contributed by atoms with Crippen LogP contribution >= 0.6 is 15.9 Å². The summed E-state index contributed by atoms with van der Waals surface area (Å²) < 4.78 is 0.769. The average molecular weight is 362 g/mol. The Hall–Kier alpha value is -2.14. The molecule has 2 rings (SSSR count). The molecule has 0 aliphatic carbocycles. The third-order valence-corrected chi connectivity index (χ3v) is 3.87. The summed E-state index contributed by atoms with van der Waals surface area (Å²) in [6.45, 7) is 1.92. The maximum atomic E-state index is 12.2. The Balaban J connectivity index is 2.14. The standard InChI is InChI=1S/C17H16BrNO3/c1-11-5-2-3-6-12(11)10-15(17(21)22)19-16(20)13-7-4-8-14(18)9-13/h2-9,15H,10H2,1H3,(H,19,20)(H,21,22)/t15-/m1/s1. The lowest BCUT2D eigenvalue weighted by molar-refractivity contribution is -0.139. The molecule has 2 aromatic rings. The largest absolute Gasteiger partial charge is 0.480 e. The first-order valence-electron chi connectivity index (χ1n) is 6.81. The van der Waals surface area contributed by atoms with Crippen LogP contribution in [0, 0.1) is 6.92 Å². The number of aryl methyl sites for hydroxylation is 1. The highest BCUT2D eigenvalue weighted by atomic mass is 79.9. The van der Waals surface area contributed by atoms with Crippen LogP contribution in [0.15, 0.2) is 53.0 Å². The molecule has 22 heavy (non-hydrogen) atoms. The molecular weight excluding hydrogens is 346 g/mol. The molecule has 0 heterocycles. The van der Waals surface area contributed by atoms with Crippen LogP contribution in [0.1, 0.15) is 21.5 Å². The second-order valence-electron chi connectivity index (χ2n) is 5.01. The average Bonchev–Trinajstić information content (AvgIpc) is 2.48. The molecule has 0 saturated carbocycles. The first-order valence-corrected chi connectivity index (χ1v) is 7.60. The second-order valence-corrected chi connectivity index (χ2v) is 5.92. The van der Waals surface area contributed by atoms with Gasteiger partial charge in [0.05, 0.1) is 0 Å². The maximum Gasteiger partial charge on any atom is 0.326 e. The van der Waals surface area contributed by atoms with Crippen LogP contribution < -0.4 is 5.32 Å². The monoisotopic (exact) mass is 361 g/mol. The van der Waals surface area contributed by atoms with Crippen LogP contribution in [0.25, 0.3) is 0 Å². The number of hydrogen-bond donors (Lipinski definition) is 2. The van der Waals surface area contributed by atoms with Crippen molar-refractivity contribution in [2.45, 2.75) is 19.4 Å². The summed E-state index contributed by atoms with van der Waals surface area (Å²) in [5, 5.41) is 11.9. The topological polar surface area (TPSA) is 66.4 Å². The third-order valence-electron chi connectivity index (χ3n) is 3.38. The maximum absolute atomic E-state index is 12.2. The van der Waals surface area contributed by atoms with Crippen LogP contribution in [-0.4, -0.2) is 23.0 Å². The number of carboxylic acids is 1. The minimum atomic E-state index is -1.05. The minimum absolute atomic E-state index is 0.252. The normalized spacial score (nSPS) is 11.7. The fourth-order valence-corrected chi connectivity index (χ4v) is 2.53. The Morgan fingerprint density at radius 1 is 1.18 bits per heavy atom. The van der Waals surface area contributed by atoms with Crippen molar-refractivity contribution >= 4 is 27.8 Å². The molecule has 1 amide bonds. The first kappa shape index (κ1) is 16.2. The van der Waals surface area contributed by atoms with Gasteiger partial charge in [-0.3, -0.25) is 4.79 Å². The van der Waals surface area contributed by atoms with Gasteiger partial charge in [0.15, 0.2) is 0 Å². The van der Waals surface area contributed by atoms with Gasteiger partial charge in [0.25, 0.3) is 5.91 Å². The van der Waals surface area contributed by atoms with E-state index in [9.17, 15) is 14.7 Å². The first-order chi connectivity index (χ1) is 10.5. The molecular formula is C17H16BrNO3. The van der Waals surface area contributed by atoms with Gasteiger partial charge in [0.2, 0.25) is 0 Å². The highest BCUT2D eigenvalue weighted by Crippen LogP contribution is 2.13. The van der Waals surface area contributed by atoms with E-state index in [1.54, 1.807) is 24.3 Å². The van der Waals surface area contributed by atoms with E-state index in [2.05, 4.69) is 21.2 Å². The Bertz CT molecular complexity index is 700. The van der Waals surface area contributed by atoms with Crippen molar-refractivity contribution in [3.8, 4) is 0 Å². The van der Waals surface area contributed by atoms with Crippen molar-refractivity contribution in [3.05, 3.63) is 69.7 Å². The van der Waals surface area contributed by atoms with Gasteiger partial charge in [-0.05, 0) is 36.2 Å². The molecule has 0 unspecified atom stereocenters. The predicted octanol–water partition coefficient (Wildman–Crippen LogP) is 3.18. The molecule has 0 spiro atoms. The van der Waals surface area contributed by atoms with E-state index in [4.69, 9.17) is 0 Å². The fourth-order valence-electron chi connectivity index (χ4n) is 2.13. The number of aliphatic carboxylic acids is 1. The van der Waals surface area contributed by atoms with Crippen molar-refractivity contribution in [2.24, 2.45) is 0 Å². The molecule has 0 saturated heterocycles. The summed E-state index contributed by atoms with van der Waals surface area (Å²) in [5.74, 6) is -1.45. The van der Waals surface area contributed by atoms with Crippen LogP contribution in [0.5, 0.6) is 0 Å². The van der Waals surface area contributed by atoms with Gasteiger partial charge >= 0.3 is 5.97 Å². The minimum Gasteiger partial charge on any atom is -0.480 e. The molecule has 0 radical (unpaired) electrons. The van der Waals surface area contributed by atoms with Gasteiger partial charge in [-0.15, -0.1) is 0 Å². The summed E-state index contributed by atoms with van der Waals surface area (Å²) in [4.78, 5) is 23.6. The van der Waals surface area contributed by atoms with Gasteiger partial charge in [-0.2, -0.15) is 0 Å². The molecule has 0 aliphatic rings. The predicted molar refractivity (Wildman–Crippen MR) is 87.9 cm³/mol. The number of carbonyl (C=O) groups excluding carboxylic acids is 1. The number of carboxylic acid groups (broad SMARTS) is 1. The zero-order valence-corrected chi connectivity index (χ0v) is 13.6. The van der Waals surface area contributed by atoms with E-state index in [1.165, 1.54) is 0 Å². The van der Waals surface area contributed by atoms with Crippen LogP contribution in [0.4, 0.5) is 0 Å². The molecule has 4 nitrogen and oxygen atoms in total. The second kappa shape index (κ2) is 7.22. The van der Waals surface area contributed by atoms with Crippen molar-refractivity contribution in [2.75, 3.05) is 0 Å². The van der Waals surface area contributed by atoms with Crippen molar-refractivity contribution in [3.63, 3.8) is 0 Å². The highest BCUT2D eigenvalue weighted by molar-refractivity contribution is 9.10. The number of hydrogen-bond acceptors (Lipinski definition) is 2. The van der Waals surface area contributed by atoms with Gasteiger partial charge < -0.3 is 10.4 Å². The van der Waals surface area contributed by atoms with Gasteiger partial charge in [0.1, 0.15) is 6.04 Å². The molecule has 0 aromatic heterocycles. The zero-order valence-electron chi connectivity index (χ0n) is 12.0. The summed E-state index contributed by atoms with van der Waals surface area (Å²) >= 11 is 3.29. The molecule has 0 fully saturated rings. The SMILES string of the molecule is Cc1ccccc1C[C@@H](NC(=O)c1cccc(Br)c1)C(=O)O. The molecule has 2 aromatic carbocycles. The molecule has 1 atom stereocenters. The quantitative estimate of drug-likeness (QED) is 0.859. The molecule has 5 heteroatoms. The Labute approximate surface area is 137 Å². The summed E-state index contributed by atoms with van der Waals surface area (Å²) in [6, 6.07) is 13.4. The number of halogens is 1. The van der Waals surface area contributed by atoms with Gasteiger partial charge in [-0.25, -0.2) is 4.79 Å². The molecule has 0 bridgehead atoms. The van der Waals surface area contributed by atoms with Crippen molar-refractivity contribution < 1.29 is 14.7 Å². The smallest absolute Gasteiger partial charge is 0.326 e. The van der Waals surface area contributed by atoms with E-state index in [1.807, 2.05) is 31.2 Å². The summed E-state index contributed by atoms with van der Waals surface area (Å²) in [6.07, 6.45) is 0.252. The Morgan fingerprint density at radius 2 is 1.91 bits per heavy atom. The van der Waals surface area contributed by atoms with Crippen LogP contribution in [-0.2, 0) is 11.2 Å². The van der Waals surface area contributed by atoms with E-state index < -0.39 is 17.9 Å². The molecule has 2 N–H and O–H groups in total. The number of carbonyl (C=O) groups is 2. The van der Waals surface area contributed by atoms with E-state index >= 15 is 0 Å². The van der Waals surface area contributed by atoms with E-state index in [-0.39, 0.29) is 6.42 Å². The molecule has 0 aliphatic heterocycles. The lowest BCUT2D eigenvalue weighted by Gasteiger charge is -2.16. The fraction of sp³-hybridized carbons (Fsp3) is 0.176. The third kappa shape index (κ3) is 4.18. The lowest BCUT2D eigenvalue weighted by Crippen LogP contribution is -2.42. The van der Waals surface area contributed by atoms with Gasteiger partial charge in [0, 0.05) is 16.5 Å². The van der Waals surface area contributed by atoms with Crippen LogP contribution in [0.3, 0.4) is 0 Å². The van der Waals surface area contributed by atoms with Crippen LogP contribution in [0.2, 0.25) is 0 Å². The number of benzene rings is 2. The molecule has 114 valence electrons. The van der Waals surface area contributed by atoms with Gasteiger partial charge in [-0.1, -0.05) is 46.3 Å². The highest BCUT2D eigenvalue weighted by Gasteiger charge is 2.21. The zero-order chi connectivity index (χ0) is 16.1. The number of amides is 1. The lowest BCUT2D eigenvalue weighted by atomic mass is 10.0. The summed E-state index contributed by atoms with van der Waals surface area (Å²) in [7, 11) is 0. The van der Waals surface area contributed by atoms with E-state index in [0.717, 1.165) is 15.6 Å². The van der Waals surface area contributed by atoms with Crippen molar-refractivity contribution in [1.29, 1.82) is 0 Å². The Kier molecular flexibility index (Phi) is 5.33. The number of nitrogens with one attached hydrogen (secondary N) is 1. The Morgan fingerprint density at radius 3 is 2.55 bits per heavy atom. The summed E-state index contributed by atoms with van der Waals surface area (Å²) in [5.41, 5.74) is 2.33. The van der Waals surface area contributed by atoms with Crippen molar-refractivity contribution in [1.82, 2.24) is 5.32 Å². The van der Waals surface area contributed by atoms with E-state index in [0.29, 0.717) is 5.56 Å².